The van der Waals surface area contributed by atoms with E-state index in [1.807, 2.05) is 0 Å². The van der Waals surface area contributed by atoms with E-state index in [4.69, 9.17) is 4.99 Å². The highest BCUT2D eigenvalue weighted by molar-refractivity contribution is 6.31. The molecular formula is C54H36N4. The van der Waals surface area contributed by atoms with E-state index in [0.29, 0.717) is 0 Å². The summed E-state index contributed by atoms with van der Waals surface area (Å²) in [5.74, 6) is 0.861. The summed E-state index contributed by atoms with van der Waals surface area (Å²) in [6.45, 7) is 0. The molecule has 12 rings (SSSR count). The lowest BCUT2D eigenvalue weighted by Crippen LogP contribution is -2.31. The zero-order chi connectivity index (χ0) is 38.2. The molecule has 9 aromatic carbocycles. The van der Waals surface area contributed by atoms with Crippen molar-refractivity contribution in [2.24, 2.45) is 4.99 Å². The smallest absolute Gasteiger partial charge is 0.134 e. The highest BCUT2D eigenvalue weighted by Crippen LogP contribution is 2.43. The molecule has 11 aromatic rings. The fourth-order valence-corrected chi connectivity index (χ4v) is 9.33. The Morgan fingerprint density at radius 2 is 0.983 bits per heavy atom. The number of nitrogens with one attached hydrogen (secondary N) is 1. The van der Waals surface area contributed by atoms with Gasteiger partial charge in [-0.1, -0.05) is 146 Å². The normalized spacial score (nSPS) is 14.4. The molecule has 0 fully saturated rings. The van der Waals surface area contributed by atoms with Gasteiger partial charge in [-0.15, -0.1) is 0 Å². The molecule has 2 aromatic heterocycles. The lowest BCUT2D eigenvalue weighted by Gasteiger charge is -2.24. The minimum absolute atomic E-state index is 0.00436. The first-order valence-electron chi connectivity index (χ1n) is 19.9. The molecule has 1 atom stereocenters. The van der Waals surface area contributed by atoms with E-state index < -0.39 is 0 Å². The van der Waals surface area contributed by atoms with Crippen molar-refractivity contribution in [3.8, 4) is 11.4 Å². The molecule has 0 amide bonds. The first-order valence-corrected chi connectivity index (χ1v) is 19.9. The molecule has 1 N–H and O–H groups in total. The highest BCUT2D eigenvalue weighted by atomic mass is 15.1. The maximum atomic E-state index is 5.19. The minimum Gasteiger partial charge on any atom is -0.359 e. The second-order valence-electron chi connectivity index (χ2n) is 15.2. The van der Waals surface area contributed by atoms with Crippen LogP contribution in [0, 0.1) is 0 Å². The second kappa shape index (κ2) is 12.9. The number of nitrogens with zero attached hydrogens (tertiary/aromatic N) is 3. The molecule has 0 saturated carbocycles. The summed E-state index contributed by atoms with van der Waals surface area (Å²) in [7, 11) is 0. The van der Waals surface area contributed by atoms with Crippen molar-refractivity contribution in [2.75, 3.05) is 0 Å². The van der Waals surface area contributed by atoms with Crippen molar-refractivity contribution in [1.29, 1.82) is 0 Å². The first-order chi connectivity index (χ1) is 28.8. The van der Waals surface area contributed by atoms with Crippen molar-refractivity contribution in [2.45, 2.75) is 6.04 Å². The Morgan fingerprint density at radius 1 is 0.397 bits per heavy atom. The average molecular weight is 741 g/mol. The predicted octanol–water partition coefficient (Wildman–Crippen LogP) is 13.3. The van der Waals surface area contributed by atoms with Crippen molar-refractivity contribution < 1.29 is 0 Å². The maximum Gasteiger partial charge on any atom is 0.134 e. The molecule has 0 aliphatic carbocycles. The van der Waals surface area contributed by atoms with Gasteiger partial charge in [-0.05, 0) is 88.0 Å². The quantitative estimate of drug-likeness (QED) is 0.175. The van der Waals surface area contributed by atoms with Crippen LogP contribution in [-0.4, -0.2) is 15.0 Å². The lowest BCUT2D eigenvalue weighted by molar-refractivity contribution is 0.781. The minimum atomic E-state index is -0.00436. The van der Waals surface area contributed by atoms with E-state index in [2.05, 4.69) is 221 Å². The van der Waals surface area contributed by atoms with Crippen LogP contribution in [0.3, 0.4) is 0 Å². The molecule has 4 nitrogen and oxygen atoms in total. The van der Waals surface area contributed by atoms with Crippen molar-refractivity contribution in [3.63, 3.8) is 0 Å². The largest absolute Gasteiger partial charge is 0.359 e. The van der Waals surface area contributed by atoms with Crippen LogP contribution in [0.1, 0.15) is 22.7 Å². The molecule has 4 heteroatoms. The Morgan fingerprint density at radius 3 is 1.76 bits per heavy atom. The van der Waals surface area contributed by atoms with Crippen LogP contribution in [-0.2, 0) is 0 Å². The lowest BCUT2D eigenvalue weighted by atomic mass is 9.96. The molecular weight excluding hydrogens is 705 g/mol. The second-order valence-corrected chi connectivity index (χ2v) is 15.2. The number of fused-ring (bicyclic) bond motifs is 11. The number of benzene rings is 9. The van der Waals surface area contributed by atoms with Gasteiger partial charge in [-0.3, -0.25) is 0 Å². The van der Waals surface area contributed by atoms with Crippen LogP contribution in [0.5, 0.6) is 0 Å². The number of aliphatic imine (C=N–C) groups is 1. The Bertz CT molecular complexity index is 3450. The van der Waals surface area contributed by atoms with Crippen LogP contribution in [0.4, 0.5) is 0 Å². The summed E-state index contributed by atoms with van der Waals surface area (Å²) in [5, 5.41) is 13.8. The summed E-state index contributed by atoms with van der Waals surface area (Å²) < 4.78 is 4.86. The van der Waals surface area contributed by atoms with Gasteiger partial charge in [0.2, 0.25) is 0 Å². The van der Waals surface area contributed by atoms with Gasteiger partial charge in [0.15, 0.2) is 0 Å². The zero-order valence-corrected chi connectivity index (χ0v) is 31.5. The number of para-hydroxylation sites is 3. The van der Waals surface area contributed by atoms with Gasteiger partial charge in [0.25, 0.3) is 0 Å². The molecule has 1 aliphatic rings. The Hall–Kier alpha value is -7.69. The molecule has 58 heavy (non-hydrogen) atoms. The number of hydrogen-bond donors (Lipinski definition) is 1. The van der Waals surface area contributed by atoms with Gasteiger partial charge in [0.1, 0.15) is 5.84 Å². The van der Waals surface area contributed by atoms with Gasteiger partial charge in [-0.2, -0.15) is 0 Å². The van der Waals surface area contributed by atoms with Crippen LogP contribution < -0.4 is 5.32 Å². The monoisotopic (exact) mass is 740 g/mol. The zero-order valence-electron chi connectivity index (χ0n) is 31.5. The summed E-state index contributed by atoms with van der Waals surface area (Å²) >= 11 is 0. The third kappa shape index (κ3) is 4.98. The molecule has 1 aliphatic heterocycles. The Labute approximate surface area is 335 Å². The number of rotatable bonds is 5. The van der Waals surface area contributed by atoms with Crippen LogP contribution in [0.25, 0.3) is 82.2 Å². The number of hydrogen-bond acceptors (Lipinski definition) is 2. The van der Waals surface area contributed by atoms with E-state index in [9.17, 15) is 0 Å². The maximum absolute atomic E-state index is 5.19. The van der Waals surface area contributed by atoms with Crippen LogP contribution >= 0.6 is 0 Å². The highest BCUT2D eigenvalue weighted by Gasteiger charge is 2.22. The van der Waals surface area contributed by atoms with Gasteiger partial charge >= 0.3 is 0 Å². The molecule has 0 bridgehead atoms. The first kappa shape index (κ1) is 32.5. The van der Waals surface area contributed by atoms with Gasteiger partial charge in [0.05, 0.1) is 33.8 Å². The number of aromatic nitrogens is 2. The van der Waals surface area contributed by atoms with E-state index in [-0.39, 0.29) is 6.04 Å². The molecule has 0 radical (unpaired) electrons. The third-order valence-corrected chi connectivity index (χ3v) is 11.9. The van der Waals surface area contributed by atoms with Crippen molar-refractivity contribution in [1.82, 2.24) is 14.5 Å². The predicted molar refractivity (Wildman–Crippen MR) is 243 cm³/mol. The van der Waals surface area contributed by atoms with Crippen LogP contribution in [0.2, 0.25) is 0 Å². The molecule has 0 saturated heterocycles. The van der Waals surface area contributed by atoms with Crippen molar-refractivity contribution in [3.05, 3.63) is 223 Å². The molecule has 1 unspecified atom stereocenters. The average Bonchev–Trinajstić information content (AvgIpc) is 3.83. The van der Waals surface area contributed by atoms with E-state index in [1.165, 1.54) is 70.7 Å². The standard InChI is InChI=1S/C54H36N4/c1-4-14-35(15-5-1)46-34-47(36-16-6-2-7-17-36)56-54(55-46)38-24-28-40(29-25-38)58-48-22-12-10-20-41(48)43-32-31-42-44(53(43)58)30-26-37-27-33-50-52(51(37)42)45-21-11-13-23-49(45)57(50)39-18-8-3-9-19-39/h1-34,46H,(H,55,56). The fraction of sp³-hybridized carbons (Fsp3) is 0.0185. The van der Waals surface area contributed by atoms with E-state index >= 15 is 0 Å². The molecule has 3 heterocycles. The van der Waals surface area contributed by atoms with Gasteiger partial charge in [0, 0.05) is 43.9 Å². The molecule has 272 valence electrons. The summed E-state index contributed by atoms with van der Waals surface area (Å²) in [4.78, 5) is 5.19. The van der Waals surface area contributed by atoms with Gasteiger partial charge in [-0.25, -0.2) is 4.99 Å². The van der Waals surface area contributed by atoms with Crippen LogP contribution in [0.15, 0.2) is 211 Å². The SMILES string of the molecule is C1=C(c2ccccc2)N=C(c2ccc(-n3c4ccccc4c4ccc5c(ccc6ccc7c(c8ccccc8n7-c7ccccc7)c65)c43)cc2)NC1c1ccccc1. The number of amidine groups is 1. The van der Waals surface area contributed by atoms with Crippen molar-refractivity contribution >= 4 is 76.7 Å². The fourth-order valence-electron chi connectivity index (χ4n) is 9.33. The van der Waals surface area contributed by atoms with E-state index in [0.717, 1.165) is 34.0 Å². The summed E-state index contributed by atoms with van der Waals surface area (Å²) in [6, 6.07) is 72.2. The Balaban J connectivity index is 1.06. The molecule has 0 spiro atoms. The summed E-state index contributed by atoms with van der Waals surface area (Å²) in [6.07, 6.45) is 2.22. The topological polar surface area (TPSA) is 34.2 Å². The summed E-state index contributed by atoms with van der Waals surface area (Å²) in [5.41, 5.74) is 11.4. The Kier molecular flexibility index (Phi) is 7.26. The third-order valence-electron chi connectivity index (χ3n) is 11.9. The van der Waals surface area contributed by atoms with E-state index in [1.54, 1.807) is 0 Å². The van der Waals surface area contributed by atoms with Gasteiger partial charge < -0.3 is 14.5 Å².